The quantitative estimate of drug-likeness (QED) is 0.407. The second-order valence-electron chi connectivity index (χ2n) is 7.81. The van der Waals surface area contributed by atoms with E-state index < -0.39 is 22.1 Å². The summed E-state index contributed by atoms with van der Waals surface area (Å²) in [6.45, 7) is 0. The summed E-state index contributed by atoms with van der Waals surface area (Å²) < 4.78 is 68.4. The number of hydrogen-bond donors (Lipinski definition) is 2. The zero-order valence-electron chi connectivity index (χ0n) is 17.8. The summed E-state index contributed by atoms with van der Waals surface area (Å²) in [4.78, 5) is 15.7. The molecule has 0 saturated carbocycles. The van der Waals surface area contributed by atoms with E-state index in [0.717, 1.165) is 39.5 Å². The first kappa shape index (κ1) is 22.7. The lowest BCUT2D eigenvalue weighted by atomic mass is 10.0. The molecule has 0 fully saturated rings. The third-order valence-corrected chi connectivity index (χ3v) is 7.13. The highest BCUT2D eigenvalue weighted by molar-refractivity contribution is 7.90. The Balaban J connectivity index is 1.44. The van der Waals surface area contributed by atoms with Crippen molar-refractivity contribution in [1.29, 1.82) is 0 Å². The van der Waals surface area contributed by atoms with Crippen molar-refractivity contribution in [1.82, 2.24) is 8.96 Å². The fourth-order valence-corrected chi connectivity index (χ4v) is 5.16. The Morgan fingerprint density at radius 1 is 1.03 bits per heavy atom. The van der Waals surface area contributed by atoms with Gasteiger partial charge in [0.1, 0.15) is 11.6 Å². The van der Waals surface area contributed by atoms with Gasteiger partial charge < -0.3 is 15.4 Å². The molecule has 3 heterocycles. The van der Waals surface area contributed by atoms with Crippen LogP contribution in [0.4, 0.5) is 30.4 Å². The van der Waals surface area contributed by atoms with Gasteiger partial charge in [-0.25, -0.2) is 17.4 Å². The monoisotopic (exact) mass is 502 g/mol. The lowest BCUT2D eigenvalue weighted by Crippen LogP contribution is -2.18. The largest absolute Gasteiger partial charge is 0.573 e. The Bertz CT molecular complexity index is 1550. The number of alkyl halides is 3. The molecule has 1 aliphatic heterocycles. The molecule has 2 N–H and O–H groups in total. The van der Waals surface area contributed by atoms with Crippen LogP contribution in [0.3, 0.4) is 0 Å². The number of fused-ring (bicyclic) bond motifs is 2. The predicted molar refractivity (Wildman–Crippen MR) is 122 cm³/mol. The number of aryl methyl sites for hydroxylation is 1. The molecule has 2 aromatic carbocycles. The van der Waals surface area contributed by atoms with Gasteiger partial charge in [0, 0.05) is 41.6 Å². The highest BCUT2D eigenvalue weighted by atomic mass is 32.2. The van der Waals surface area contributed by atoms with Gasteiger partial charge in [0.2, 0.25) is 5.91 Å². The molecule has 0 bridgehead atoms. The molecule has 12 heteroatoms. The van der Waals surface area contributed by atoms with E-state index >= 15 is 0 Å². The molecule has 35 heavy (non-hydrogen) atoms. The minimum Gasteiger partial charge on any atom is -0.406 e. The lowest BCUT2D eigenvalue weighted by Gasteiger charge is -2.18. The Morgan fingerprint density at radius 2 is 1.80 bits per heavy atom. The molecule has 0 atom stereocenters. The highest BCUT2D eigenvalue weighted by Crippen LogP contribution is 2.30. The number of nitrogens with one attached hydrogen (secondary N) is 2. The van der Waals surface area contributed by atoms with Gasteiger partial charge in [0.05, 0.1) is 10.4 Å². The number of nitrogens with zero attached hydrogens (tertiary/aromatic N) is 2. The molecular formula is C23H17F3N4O4S. The van der Waals surface area contributed by atoms with E-state index in [-0.39, 0.29) is 10.8 Å². The normalized spacial score (nSPS) is 13.9. The number of rotatable bonds is 5. The van der Waals surface area contributed by atoms with Crippen LogP contribution in [-0.4, -0.2) is 29.6 Å². The third kappa shape index (κ3) is 4.64. The van der Waals surface area contributed by atoms with Gasteiger partial charge in [0.15, 0.2) is 0 Å². The number of carbonyl (C=O) groups is 1. The van der Waals surface area contributed by atoms with Crippen molar-refractivity contribution >= 4 is 44.0 Å². The Kier molecular flexibility index (Phi) is 5.39. The van der Waals surface area contributed by atoms with E-state index in [4.69, 9.17) is 0 Å². The van der Waals surface area contributed by atoms with E-state index in [1.165, 1.54) is 12.4 Å². The Morgan fingerprint density at radius 3 is 2.54 bits per heavy atom. The molecule has 0 aliphatic carbocycles. The van der Waals surface area contributed by atoms with E-state index in [2.05, 4.69) is 20.4 Å². The van der Waals surface area contributed by atoms with Crippen LogP contribution < -0.4 is 15.4 Å². The number of anilines is 3. The number of carbonyl (C=O) groups excluding carboxylic acids is 1. The van der Waals surface area contributed by atoms with Crippen LogP contribution >= 0.6 is 0 Å². The maximum atomic E-state index is 13.2. The first-order valence-corrected chi connectivity index (χ1v) is 11.8. The highest BCUT2D eigenvalue weighted by Gasteiger charge is 2.31. The van der Waals surface area contributed by atoms with Crippen molar-refractivity contribution in [3.63, 3.8) is 0 Å². The molecule has 0 radical (unpaired) electrons. The zero-order chi connectivity index (χ0) is 24.8. The van der Waals surface area contributed by atoms with Crippen molar-refractivity contribution in [3.05, 3.63) is 72.6 Å². The van der Waals surface area contributed by atoms with Crippen LogP contribution in [0.5, 0.6) is 5.75 Å². The number of benzene rings is 2. The van der Waals surface area contributed by atoms with Crippen LogP contribution in [-0.2, 0) is 21.2 Å². The SMILES string of the molecule is O=C1CCc2cc(Nc3cc4c(ccn4S(=O)(=O)c4ccc(OC(F)(F)F)cc4)cn3)ccc2N1. The van der Waals surface area contributed by atoms with Gasteiger partial charge in [-0.1, -0.05) is 0 Å². The average molecular weight is 502 g/mol. The maximum absolute atomic E-state index is 13.2. The number of pyridine rings is 1. The smallest absolute Gasteiger partial charge is 0.406 e. The van der Waals surface area contributed by atoms with E-state index in [9.17, 15) is 26.4 Å². The first-order valence-electron chi connectivity index (χ1n) is 10.4. The molecule has 0 unspecified atom stereocenters. The van der Waals surface area contributed by atoms with Crippen molar-refractivity contribution < 1.29 is 31.1 Å². The first-order chi connectivity index (χ1) is 16.6. The van der Waals surface area contributed by atoms with Crippen molar-refractivity contribution in [2.75, 3.05) is 10.6 Å². The minimum absolute atomic E-state index is 0.0326. The van der Waals surface area contributed by atoms with Crippen LogP contribution in [0.15, 0.2) is 71.9 Å². The summed E-state index contributed by atoms with van der Waals surface area (Å²) in [6, 6.07) is 12.6. The fourth-order valence-electron chi connectivity index (χ4n) is 3.82. The van der Waals surface area contributed by atoms with Gasteiger partial charge in [-0.15, -0.1) is 13.2 Å². The van der Waals surface area contributed by atoms with Crippen LogP contribution in [0.25, 0.3) is 10.9 Å². The van der Waals surface area contributed by atoms with Crippen LogP contribution in [0, 0.1) is 0 Å². The number of halogens is 3. The molecule has 2 aromatic heterocycles. The Hall–Kier alpha value is -4.06. The summed E-state index contributed by atoms with van der Waals surface area (Å²) in [7, 11) is -4.11. The van der Waals surface area contributed by atoms with E-state index in [0.29, 0.717) is 35.2 Å². The molecule has 180 valence electrons. The molecule has 0 spiro atoms. The molecule has 4 aromatic rings. The maximum Gasteiger partial charge on any atom is 0.573 e. The number of ether oxygens (including phenoxy) is 1. The third-order valence-electron chi connectivity index (χ3n) is 5.43. The second kappa shape index (κ2) is 8.31. The number of hydrogen-bond acceptors (Lipinski definition) is 6. The van der Waals surface area contributed by atoms with Crippen molar-refractivity contribution in [2.45, 2.75) is 24.1 Å². The number of amides is 1. The van der Waals surface area contributed by atoms with Crippen molar-refractivity contribution in [3.8, 4) is 5.75 Å². The molecule has 5 rings (SSSR count). The molecule has 1 amide bonds. The summed E-state index contributed by atoms with van der Waals surface area (Å²) in [5, 5.41) is 6.51. The van der Waals surface area contributed by atoms with Crippen molar-refractivity contribution in [2.24, 2.45) is 0 Å². The van der Waals surface area contributed by atoms with Gasteiger partial charge in [-0.2, -0.15) is 0 Å². The van der Waals surface area contributed by atoms with E-state index in [1.54, 1.807) is 24.3 Å². The van der Waals surface area contributed by atoms with Gasteiger partial charge in [-0.05, 0) is 60.5 Å². The summed E-state index contributed by atoms with van der Waals surface area (Å²) in [5.74, 6) is -0.162. The molecule has 1 aliphatic rings. The topological polar surface area (TPSA) is 102 Å². The van der Waals surface area contributed by atoms with Crippen LogP contribution in [0.1, 0.15) is 12.0 Å². The summed E-state index contributed by atoms with van der Waals surface area (Å²) in [5.41, 5.74) is 2.78. The van der Waals surface area contributed by atoms with Gasteiger partial charge in [0.25, 0.3) is 10.0 Å². The lowest BCUT2D eigenvalue weighted by molar-refractivity contribution is -0.274. The predicted octanol–water partition coefficient (Wildman–Crippen LogP) is 4.80. The second-order valence-corrected chi connectivity index (χ2v) is 9.62. The van der Waals surface area contributed by atoms with Crippen LogP contribution in [0.2, 0.25) is 0 Å². The fraction of sp³-hybridized carbons (Fsp3) is 0.130. The summed E-state index contributed by atoms with van der Waals surface area (Å²) >= 11 is 0. The minimum atomic E-state index is -4.88. The summed E-state index contributed by atoms with van der Waals surface area (Å²) in [6.07, 6.45) is -0.998. The molecule has 8 nitrogen and oxygen atoms in total. The average Bonchev–Trinajstić information content (AvgIpc) is 3.23. The Labute approximate surface area is 197 Å². The standard InChI is InChI=1S/C23H17F3N4O4S/c24-23(25,26)34-17-3-5-18(6-4-17)35(32,33)30-10-9-15-13-27-21(12-20(15)30)28-16-2-7-19-14(11-16)1-8-22(31)29-19/h2-7,9-13H,1,8H2,(H,27,28)(H,29,31). The molecular weight excluding hydrogens is 485 g/mol. The zero-order valence-corrected chi connectivity index (χ0v) is 18.7. The molecule has 0 saturated heterocycles. The number of aromatic nitrogens is 2. The van der Waals surface area contributed by atoms with Gasteiger partial charge in [-0.3, -0.25) is 4.79 Å². The van der Waals surface area contributed by atoms with E-state index in [1.807, 2.05) is 6.07 Å². The van der Waals surface area contributed by atoms with Gasteiger partial charge >= 0.3 is 6.36 Å².